The van der Waals surface area contributed by atoms with Gasteiger partial charge in [0.2, 0.25) is 5.91 Å². The highest BCUT2D eigenvalue weighted by molar-refractivity contribution is 5.77. The van der Waals surface area contributed by atoms with Gasteiger partial charge in [-0.1, -0.05) is 25.5 Å². The number of hydrogen-bond donors (Lipinski definition) is 1. The molecule has 0 aromatic carbocycles. The fourth-order valence-electron chi connectivity index (χ4n) is 2.51. The van der Waals surface area contributed by atoms with Gasteiger partial charge in [-0.2, -0.15) is 0 Å². The van der Waals surface area contributed by atoms with Crippen molar-refractivity contribution >= 4 is 11.9 Å². The van der Waals surface area contributed by atoms with Crippen molar-refractivity contribution in [3.8, 4) is 0 Å². The topological polar surface area (TPSA) is 57.6 Å². The Labute approximate surface area is 121 Å². The predicted octanol–water partition coefficient (Wildman–Crippen LogP) is 3.23. The molecule has 1 unspecified atom stereocenters. The lowest BCUT2D eigenvalue weighted by Crippen LogP contribution is -2.37. The van der Waals surface area contributed by atoms with Crippen LogP contribution in [0.3, 0.4) is 0 Å². The fraction of sp³-hybridized carbons (Fsp3) is 0.750. The summed E-state index contributed by atoms with van der Waals surface area (Å²) in [6.07, 6.45) is 9.26. The molecule has 1 N–H and O–H groups in total. The average molecular weight is 281 g/mol. The molecule has 0 saturated carbocycles. The molecule has 0 aliphatic heterocycles. The number of carboxylic acid groups (broad SMARTS) is 1. The molecule has 0 radical (unpaired) electrons. The van der Waals surface area contributed by atoms with E-state index in [-0.39, 0.29) is 5.91 Å². The van der Waals surface area contributed by atoms with Crippen molar-refractivity contribution in [2.24, 2.45) is 5.92 Å². The lowest BCUT2D eigenvalue weighted by Gasteiger charge is -2.25. The van der Waals surface area contributed by atoms with E-state index in [4.69, 9.17) is 5.11 Å². The molecule has 0 heterocycles. The number of rotatable bonds is 8. The standard InChI is InChI=1S/C16H27NO3/c1-3-7-15(18)17(12-13(2)16(19)20)11-10-14-8-5-4-6-9-14/h8,13H,3-7,9-12H2,1-2H3,(H,19,20). The fourth-order valence-corrected chi connectivity index (χ4v) is 2.51. The number of hydrogen-bond acceptors (Lipinski definition) is 2. The normalized spacial score (nSPS) is 16.4. The third-order valence-electron chi connectivity index (χ3n) is 3.82. The molecule has 0 aromatic rings. The maximum absolute atomic E-state index is 12.1. The molecule has 1 atom stereocenters. The van der Waals surface area contributed by atoms with Crippen molar-refractivity contribution < 1.29 is 14.7 Å². The van der Waals surface area contributed by atoms with Crippen molar-refractivity contribution in [3.63, 3.8) is 0 Å². The number of amides is 1. The van der Waals surface area contributed by atoms with E-state index in [0.29, 0.717) is 19.5 Å². The summed E-state index contributed by atoms with van der Waals surface area (Å²) in [6, 6.07) is 0. The van der Waals surface area contributed by atoms with Gasteiger partial charge in [0.05, 0.1) is 5.92 Å². The number of carbonyl (C=O) groups excluding carboxylic acids is 1. The van der Waals surface area contributed by atoms with E-state index in [1.54, 1.807) is 11.8 Å². The second-order valence-corrected chi connectivity index (χ2v) is 5.69. The van der Waals surface area contributed by atoms with Gasteiger partial charge in [0.25, 0.3) is 0 Å². The monoisotopic (exact) mass is 281 g/mol. The van der Waals surface area contributed by atoms with Crippen LogP contribution in [0.5, 0.6) is 0 Å². The third-order valence-corrected chi connectivity index (χ3v) is 3.82. The van der Waals surface area contributed by atoms with E-state index in [2.05, 4.69) is 6.08 Å². The Balaban J connectivity index is 2.54. The summed E-state index contributed by atoms with van der Waals surface area (Å²) < 4.78 is 0. The van der Waals surface area contributed by atoms with E-state index >= 15 is 0 Å². The van der Waals surface area contributed by atoms with Crippen LogP contribution >= 0.6 is 0 Å². The second kappa shape index (κ2) is 8.77. The first-order valence-corrected chi connectivity index (χ1v) is 7.73. The first-order valence-electron chi connectivity index (χ1n) is 7.73. The molecule has 0 saturated heterocycles. The van der Waals surface area contributed by atoms with Gasteiger partial charge in [0.1, 0.15) is 0 Å². The van der Waals surface area contributed by atoms with Crippen molar-refractivity contribution in [2.75, 3.05) is 13.1 Å². The van der Waals surface area contributed by atoms with Crippen molar-refractivity contribution in [1.82, 2.24) is 4.90 Å². The summed E-state index contributed by atoms with van der Waals surface area (Å²) in [5, 5.41) is 9.01. The number of aliphatic carboxylic acids is 1. The molecule has 0 aromatic heterocycles. The van der Waals surface area contributed by atoms with Crippen LogP contribution in [0.4, 0.5) is 0 Å². The summed E-state index contributed by atoms with van der Waals surface area (Å²) in [7, 11) is 0. The van der Waals surface area contributed by atoms with Crippen molar-refractivity contribution in [1.29, 1.82) is 0 Å². The van der Waals surface area contributed by atoms with Gasteiger partial charge in [-0.05, 0) is 38.5 Å². The van der Waals surface area contributed by atoms with Gasteiger partial charge in [0, 0.05) is 19.5 Å². The zero-order valence-corrected chi connectivity index (χ0v) is 12.7. The zero-order chi connectivity index (χ0) is 15.0. The van der Waals surface area contributed by atoms with Crippen LogP contribution in [0.25, 0.3) is 0 Å². The van der Waals surface area contributed by atoms with Crippen LogP contribution in [0.1, 0.15) is 58.8 Å². The van der Waals surface area contributed by atoms with Crippen LogP contribution in [-0.2, 0) is 9.59 Å². The maximum Gasteiger partial charge on any atom is 0.308 e. The van der Waals surface area contributed by atoms with E-state index < -0.39 is 11.9 Å². The predicted molar refractivity (Wildman–Crippen MR) is 79.5 cm³/mol. The molecule has 1 rings (SSSR count). The van der Waals surface area contributed by atoms with E-state index in [1.165, 1.54) is 18.4 Å². The quantitative estimate of drug-likeness (QED) is 0.695. The Morgan fingerprint density at radius 2 is 2.15 bits per heavy atom. The van der Waals surface area contributed by atoms with E-state index in [1.807, 2.05) is 6.92 Å². The van der Waals surface area contributed by atoms with Crippen LogP contribution in [0, 0.1) is 5.92 Å². The lowest BCUT2D eigenvalue weighted by atomic mass is 9.97. The van der Waals surface area contributed by atoms with Gasteiger partial charge >= 0.3 is 5.97 Å². The number of carbonyl (C=O) groups is 2. The minimum atomic E-state index is -0.837. The molecule has 1 amide bonds. The highest BCUT2D eigenvalue weighted by atomic mass is 16.4. The summed E-state index contributed by atoms with van der Waals surface area (Å²) in [4.78, 5) is 24.8. The van der Waals surface area contributed by atoms with Crippen LogP contribution in [0.15, 0.2) is 11.6 Å². The minimum absolute atomic E-state index is 0.0806. The van der Waals surface area contributed by atoms with Gasteiger partial charge in [-0.25, -0.2) is 0 Å². The van der Waals surface area contributed by atoms with Crippen LogP contribution < -0.4 is 0 Å². The zero-order valence-electron chi connectivity index (χ0n) is 12.7. The first kappa shape index (κ1) is 16.7. The van der Waals surface area contributed by atoms with Gasteiger partial charge < -0.3 is 10.0 Å². The molecule has 4 nitrogen and oxygen atoms in total. The third kappa shape index (κ3) is 5.76. The first-order chi connectivity index (χ1) is 9.54. The largest absolute Gasteiger partial charge is 0.481 e. The molecule has 114 valence electrons. The van der Waals surface area contributed by atoms with Crippen LogP contribution in [0.2, 0.25) is 0 Å². The summed E-state index contributed by atoms with van der Waals surface area (Å²) in [5.41, 5.74) is 1.42. The van der Waals surface area contributed by atoms with Crippen molar-refractivity contribution in [3.05, 3.63) is 11.6 Å². The molecule has 4 heteroatoms. The number of nitrogens with zero attached hydrogens (tertiary/aromatic N) is 1. The van der Waals surface area contributed by atoms with E-state index in [9.17, 15) is 9.59 Å². The summed E-state index contributed by atoms with van der Waals surface area (Å²) >= 11 is 0. The molecule has 1 aliphatic carbocycles. The maximum atomic E-state index is 12.1. The molecule has 0 spiro atoms. The summed E-state index contributed by atoms with van der Waals surface area (Å²) in [5.74, 6) is -1.26. The Morgan fingerprint density at radius 3 is 2.70 bits per heavy atom. The van der Waals surface area contributed by atoms with Gasteiger partial charge in [-0.15, -0.1) is 0 Å². The Bertz CT molecular complexity index is 363. The molecule has 0 fully saturated rings. The Morgan fingerprint density at radius 1 is 1.40 bits per heavy atom. The highest BCUT2D eigenvalue weighted by Crippen LogP contribution is 2.20. The van der Waals surface area contributed by atoms with Gasteiger partial charge in [0.15, 0.2) is 0 Å². The molecule has 20 heavy (non-hydrogen) atoms. The van der Waals surface area contributed by atoms with E-state index in [0.717, 1.165) is 25.7 Å². The highest BCUT2D eigenvalue weighted by Gasteiger charge is 2.20. The van der Waals surface area contributed by atoms with Crippen LogP contribution in [-0.4, -0.2) is 35.0 Å². The summed E-state index contributed by atoms with van der Waals surface area (Å²) in [6.45, 7) is 4.61. The van der Waals surface area contributed by atoms with Gasteiger partial charge in [-0.3, -0.25) is 9.59 Å². The molecular formula is C16H27NO3. The van der Waals surface area contributed by atoms with Crippen molar-refractivity contribution in [2.45, 2.75) is 58.8 Å². The molecule has 1 aliphatic rings. The lowest BCUT2D eigenvalue weighted by molar-refractivity contribution is -0.143. The second-order valence-electron chi connectivity index (χ2n) is 5.69. The Kier molecular flexibility index (Phi) is 7.34. The average Bonchev–Trinajstić information content (AvgIpc) is 2.44. The smallest absolute Gasteiger partial charge is 0.308 e. The minimum Gasteiger partial charge on any atom is -0.481 e. The number of allylic oxidation sites excluding steroid dienone is 1. The molecule has 0 bridgehead atoms. The Hall–Kier alpha value is -1.32. The SMILES string of the molecule is CCCC(=O)N(CCC1=CCCCC1)CC(C)C(=O)O. The molecular weight excluding hydrogens is 254 g/mol. The number of carboxylic acids is 1.